The van der Waals surface area contributed by atoms with Gasteiger partial charge in [-0.2, -0.15) is 0 Å². The van der Waals surface area contributed by atoms with Crippen LogP contribution in [0.15, 0.2) is 78.4 Å². The molecule has 0 aromatic heterocycles. The lowest BCUT2D eigenvalue weighted by molar-refractivity contribution is -0.132. The first-order valence-electron chi connectivity index (χ1n) is 12.3. The highest BCUT2D eigenvalue weighted by Crippen LogP contribution is 2.43. The van der Waals surface area contributed by atoms with Gasteiger partial charge in [-0.3, -0.25) is 19.3 Å². The van der Waals surface area contributed by atoms with Crippen LogP contribution in [0.2, 0.25) is 0 Å². The largest absolute Gasteiger partial charge is 0.507 e. The third-order valence-corrected chi connectivity index (χ3v) is 6.03. The number of nitrogens with zero attached hydrogens (tertiary/aromatic N) is 1. The van der Waals surface area contributed by atoms with Crippen LogP contribution in [0, 0.1) is 5.92 Å². The SMILES string of the molecule is COc1ccc(C2/C(=C(/O)c3cccc(OCC(C)C)c3)C(=O)C(=O)N2c2ccc(NC(C)=O)cc2)cc1. The zero-order valence-corrected chi connectivity index (χ0v) is 21.7. The lowest BCUT2D eigenvalue weighted by Gasteiger charge is -2.26. The molecule has 1 atom stereocenters. The third kappa shape index (κ3) is 5.54. The summed E-state index contributed by atoms with van der Waals surface area (Å²) >= 11 is 0. The van der Waals surface area contributed by atoms with Gasteiger partial charge in [0, 0.05) is 23.9 Å². The predicted octanol–water partition coefficient (Wildman–Crippen LogP) is 5.31. The van der Waals surface area contributed by atoms with Gasteiger partial charge in [-0.1, -0.05) is 38.1 Å². The van der Waals surface area contributed by atoms with Crippen molar-refractivity contribution in [3.8, 4) is 11.5 Å². The van der Waals surface area contributed by atoms with E-state index in [-0.39, 0.29) is 17.2 Å². The number of rotatable bonds is 8. The third-order valence-electron chi connectivity index (χ3n) is 6.03. The highest BCUT2D eigenvalue weighted by molar-refractivity contribution is 6.51. The molecular weight excluding hydrogens is 484 g/mol. The highest BCUT2D eigenvalue weighted by atomic mass is 16.5. The number of amides is 2. The van der Waals surface area contributed by atoms with Gasteiger partial charge in [-0.05, 0) is 60.0 Å². The molecule has 0 bridgehead atoms. The van der Waals surface area contributed by atoms with Gasteiger partial charge in [0.05, 0.1) is 25.3 Å². The second-order valence-electron chi connectivity index (χ2n) is 9.40. The maximum Gasteiger partial charge on any atom is 0.300 e. The Kier molecular flexibility index (Phi) is 7.81. The number of anilines is 2. The Balaban J connectivity index is 1.82. The summed E-state index contributed by atoms with van der Waals surface area (Å²) in [4.78, 5) is 39.5. The van der Waals surface area contributed by atoms with E-state index in [4.69, 9.17) is 9.47 Å². The van der Waals surface area contributed by atoms with Crippen LogP contribution in [0.5, 0.6) is 11.5 Å². The van der Waals surface area contributed by atoms with Crippen molar-refractivity contribution >= 4 is 34.7 Å². The molecule has 8 heteroatoms. The quantitative estimate of drug-likeness (QED) is 0.240. The molecule has 196 valence electrons. The van der Waals surface area contributed by atoms with Crippen molar-refractivity contribution in [3.05, 3.63) is 89.5 Å². The molecular formula is C30H30N2O6. The molecule has 2 N–H and O–H groups in total. The summed E-state index contributed by atoms with van der Waals surface area (Å²) in [6.07, 6.45) is 0. The van der Waals surface area contributed by atoms with Crippen molar-refractivity contribution in [2.45, 2.75) is 26.8 Å². The van der Waals surface area contributed by atoms with E-state index in [1.54, 1.807) is 79.9 Å². The van der Waals surface area contributed by atoms with Crippen LogP contribution in [0.4, 0.5) is 11.4 Å². The smallest absolute Gasteiger partial charge is 0.300 e. The van der Waals surface area contributed by atoms with Crippen LogP contribution in [-0.2, 0) is 14.4 Å². The highest BCUT2D eigenvalue weighted by Gasteiger charge is 2.47. The first kappa shape index (κ1) is 26.5. The molecule has 1 unspecified atom stereocenters. The van der Waals surface area contributed by atoms with Gasteiger partial charge >= 0.3 is 0 Å². The molecule has 0 spiro atoms. The lowest BCUT2D eigenvalue weighted by Crippen LogP contribution is -2.29. The molecule has 3 aromatic carbocycles. The molecule has 38 heavy (non-hydrogen) atoms. The number of nitrogens with one attached hydrogen (secondary N) is 1. The van der Waals surface area contributed by atoms with Gasteiger partial charge in [0.1, 0.15) is 17.3 Å². The lowest BCUT2D eigenvalue weighted by atomic mass is 9.95. The Morgan fingerprint density at radius 2 is 1.68 bits per heavy atom. The monoisotopic (exact) mass is 514 g/mol. The number of ketones is 1. The maximum absolute atomic E-state index is 13.4. The van der Waals surface area contributed by atoms with E-state index >= 15 is 0 Å². The average Bonchev–Trinajstić information content (AvgIpc) is 3.17. The van der Waals surface area contributed by atoms with E-state index in [0.717, 1.165) is 0 Å². The molecule has 0 aliphatic carbocycles. The number of benzene rings is 3. The summed E-state index contributed by atoms with van der Waals surface area (Å²) < 4.78 is 11.1. The topological polar surface area (TPSA) is 105 Å². The van der Waals surface area contributed by atoms with E-state index in [0.29, 0.717) is 46.5 Å². The minimum atomic E-state index is -0.896. The molecule has 4 rings (SSSR count). The van der Waals surface area contributed by atoms with Gasteiger partial charge in [0.25, 0.3) is 11.7 Å². The Labute approximate surface area is 221 Å². The number of aliphatic hydroxyl groups is 1. The molecule has 1 aliphatic heterocycles. The van der Waals surface area contributed by atoms with Crippen LogP contribution in [0.3, 0.4) is 0 Å². The standard InChI is InChI=1S/C30H30N2O6/c1-18(2)17-38-25-7-5-6-21(16-25)28(34)26-27(20-8-14-24(37-4)15-9-20)32(30(36)29(26)35)23-12-10-22(11-13-23)31-19(3)33/h5-16,18,27,34H,17H2,1-4H3,(H,31,33)/b28-26-. The van der Waals surface area contributed by atoms with E-state index in [2.05, 4.69) is 5.32 Å². The first-order chi connectivity index (χ1) is 18.2. The van der Waals surface area contributed by atoms with Crippen LogP contribution in [0.1, 0.15) is 37.9 Å². The summed E-state index contributed by atoms with van der Waals surface area (Å²) in [6.45, 7) is 5.96. The number of ether oxygens (including phenoxy) is 2. The number of Topliss-reactive ketones (excluding diaryl/α,β-unsaturated/α-hetero) is 1. The number of methoxy groups -OCH3 is 1. The zero-order valence-electron chi connectivity index (χ0n) is 21.7. The van der Waals surface area contributed by atoms with Crippen molar-refractivity contribution in [3.63, 3.8) is 0 Å². The Morgan fingerprint density at radius 3 is 2.29 bits per heavy atom. The summed E-state index contributed by atoms with van der Waals surface area (Å²) in [5.41, 5.74) is 1.94. The van der Waals surface area contributed by atoms with Crippen molar-refractivity contribution < 1.29 is 29.0 Å². The van der Waals surface area contributed by atoms with Crippen LogP contribution >= 0.6 is 0 Å². The summed E-state index contributed by atoms with van der Waals surface area (Å²) in [6, 6.07) is 19.5. The van der Waals surface area contributed by atoms with Gasteiger partial charge in [-0.25, -0.2) is 0 Å². The minimum absolute atomic E-state index is 0.0351. The molecule has 2 amide bonds. The van der Waals surface area contributed by atoms with Crippen molar-refractivity contribution in [1.82, 2.24) is 0 Å². The average molecular weight is 515 g/mol. The van der Waals surface area contributed by atoms with E-state index in [1.807, 2.05) is 13.8 Å². The first-order valence-corrected chi connectivity index (χ1v) is 12.3. The van der Waals surface area contributed by atoms with Crippen molar-refractivity contribution in [1.29, 1.82) is 0 Å². The summed E-state index contributed by atoms with van der Waals surface area (Å²) in [7, 11) is 1.55. The van der Waals surface area contributed by atoms with Gasteiger partial charge < -0.3 is 19.9 Å². The van der Waals surface area contributed by atoms with Crippen molar-refractivity contribution in [2.24, 2.45) is 5.92 Å². The van der Waals surface area contributed by atoms with Crippen LogP contribution in [-0.4, -0.2) is 36.4 Å². The number of aliphatic hydroxyl groups excluding tert-OH is 1. The second-order valence-corrected chi connectivity index (χ2v) is 9.40. The Hall–Kier alpha value is -4.59. The zero-order chi connectivity index (χ0) is 27.4. The fourth-order valence-corrected chi connectivity index (χ4v) is 4.26. The fourth-order valence-electron chi connectivity index (χ4n) is 4.26. The molecule has 1 fully saturated rings. The number of hydrogen-bond donors (Lipinski definition) is 2. The molecule has 1 aliphatic rings. The molecule has 0 saturated carbocycles. The molecule has 1 heterocycles. The number of carbonyl (C=O) groups excluding carboxylic acids is 3. The summed E-state index contributed by atoms with van der Waals surface area (Å²) in [5.74, 6) is -0.626. The molecule has 3 aromatic rings. The number of carbonyl (C=O) groups is 3. The van der Waals surface area contributed by atoms with Crippen LogP contribution < -0.4 is 19.7 Å². The molecule has 8 nitrogen and oxygen atoms in total. The number of hydrogen-bond acceptors (Lipinski definition) is 6. The second kappa shape index (κ2) is 11.2. The van der Waals surface area contributed by atoms with Gasteiger partial charge in [0.2, 0.25) is 5.91 Å². The Morgan fingerprint density at radius 1 is 1.00 bits per heavy atom. The van der Waals surface area contributed by atoms with Gasteiger partial charge in [0.15, 0.2) is 0 Å². The van der Waals surface area contributed by atoms with Crippen LogP contribution in [0.25, 0.3) is 5.76 Å². The van der Waals surface area contributed by atoms with E-state index in [9.17, 15) is 19.5 Å². The van der Waals surface area contributed by atoms with Gasteiger partial charge in [-0.15, -0.1) is 0 Å². The molecule has 1 saturated heterocycles. The minimum Gasteiger partial charge on any atom is -0.507 e. The van der Waals surface area contributed by atoms with E-state index in [1.165, 1.54) is 11.8 Å². The normalized spacial score (nSPS) is 16.6. The maximum atomic E-state index is 13.4. The predicted molar refractivity (Wildman–Crippen MR) is 145 cm³/mol. The fraction of sp³-hybridized carbons (Fsp3) is 0.233. The summed E-state index contributed by atoms with van der Waals surface area (Å²) in [5, 5.41) is 14.1. The molecule has 0 radical (unpaired) electrons. The Bertz CT molecular complexity index is 1380. The van der Waals surface area contributed by atoms with Crippen molar-refractivity contribution in [2.75, 3.05) is 23.9 Å². The van der Waals surface area contributed by atoms with E-state index < -0.39 is 17.7 Å².